The number of hydrogen-bond acceptors (Lipinski definition) is 5. The van der Waals surface area contributed by atoms with Crippen LogP contribution in [0.25, 0.3) is 0 Å². The number of allylic oxidation sites excluding steroid dienone is 1. The fraction of sp³-hybridized carbons (Fsp3) is 0.333. The Morgan fingerprint density at radius 1 is 1.06 bits per heavy atom. The molecule has 0 aliphatic carbocycles. The molecule has 166 valence electrons. The summed E-state index contributed by atoms with van der Waals surface area (Å²) >= 11 is 2.24. The highest BCUT2D eigenvalue weighted by Crippen LogP contribution is 2.21. The molecule has 0 atom stereocenters. The van der Waals surface area contributed by atoms with Gasteiger partial charge in [-0.1, -0.05) is 36.4 Å². The minimum absolute atomic E-state index is 0.243. The van der Waals surface area contributed by atoms with Gasteiger partial charge < -0.3 is 20.1 Å². The lowest BCUT2D eigenvalue weighted by Gasteiger charge is -2.19. The second kappa shape index (κ2) is 11.7. The third-order valence-corrected chi connectivity index (χ3v) is 4.90. The maximum absolute atomic E-state index is 12.0. The SMILES string of the molecule is C/C(=C\C(=O)OCc1ccccc1)Nc1ccc(CCNC(=O)OC(C)(C)C)cc1I. The first kappa shape index (κ1) is 24.7. The van der Waals surface area contributed by atoms with Gasteiger partial charge in [-0.3, -0.25) is 0 Å². The molecule has 2 aromatic rings. The van der Waals surface area contributed by atoms with Crippen LogP contribution in [0.1, 0.15) is 38.8 Å². The van der Waals surface area contributed by atoms with Crippen molar-refractivity contribution in [2.45, 2.75) is 46.3 Å². The summed E-state index contributed by atoms with van der Waals surface area (Å²) in [7, 11) is 0. The standard InChI is InChI=1S/C24H29IN2O4/c1-17(14-22(28)30-16-19-8-6-5-7-9-19)27-21-11-10-18(15-20(21)25)12-13-26-23(29)31-24(2,3)4/h5-11,14-15,27H,12-13,16H2,1-4H3,(H,26,29)/b17-14+. The lowest BCUT2D eigenvalue weighted by molar-refractivity contribution is -0.139. The Labute approximate surface area is 197 Å². The molecule has 0 saturated carbocycles. The summed E-state index contributed by atoms with van der Waals surface area (Å²) in [6.45, 7) is 8.05. The number of benzene rings is 2. The average molecular weight is 536 g/mol. The first-order valence-corrected chi connectivity index (χ1v) is 11.1. The van der Waals surface area contributed by atoms with E-state index in [4.69, 9.17) is 9.47 Å². The number of carbonyl (C=O) groups is 2. The van der Waals surface area contributed by atoms with Gasteiger partial charge in [-0.2, -0.15) is 0 Å². The van der Waals surface area contributed by atoms with E-state index in [1.807, 2.05) is 76.2 Å². The van der Waals surface area contributed by atoms with Crippen LogP contribution in [0.4, 0.5) is 10.5 Å². The van der Waals surface area contributed by atoms with E-state index in [-0.39, 0.29) is 6.61 Å². The Bertz CT molecular complexity index is 921. The van der Waals surface area contributed by atoms with Crippen molar-refractivity contribution in [2.75, 3.05) is 11.9 Å². The molecule has 2 aromatic carbocycles. The zero-order valence-corrected chi connectivity index (χ0v) is 20.5. The van der Waals surface area contributed by atoms with Gasteiger partial charge in [0.15, 0.2) is 0 Å². The van der Waals surface area contributed by atoms with Crippen LogP contribution in [-0.4, -0.2) is 24.2 Å². The molecule has 0 heterocycles. The molecule has 2 N–H and O–H groups in total. The Kier molecular flexibility index (Phi) is 9.36. The Hall–Kier alpha value is -2.55. The Balaban J connectivity index is 1.83. The number of halogens is 1. The van der Waals surface area contributed by atoms with Gasteiger partial charge in [-0.25, -0.2) is 9.59 Å². The van der Waals surface area contributed by atoms with E-state index in [2.05, 4.69) is 33.2 Å². The highest BCUT2D eigenvalue weighted by atomic mass is 127. The molecule has 0 fully saturated rings. The molecule has 0 unspecified atom stereocenters. The lowest BCUT2D eigenvalue weighted by Crippen LogP contribution is -2.33. The van der Waals surface area contributed by atoms with Crippen molar-refractivity contribution in [3.63, 3.8) is 0 Å². The molecule has 6 nitrogen and oxygen atoms in total. The number of nitrogens with one attached hydrogen (secondary N) is 2. The minimum atomic E-state index is -0.508. The molecule has 2 rings (SSSR count). The molecule has 31 heavy (non-hydrogen) atoms. The van der Waals surface area contributed by atoms with Gasteiger partial charge in [0.2, 0.25) is 0 Å². The molecule has 0 aliphatic rings. The van der Waals surface area contributed by atoms with Crippen molar-refractivity contribution in [1.29, 1.82) is 0 Å². The van der Waals surface area contributed by atoms with E-state index in [9.17, 15) is 9.59 Å². The number of anilines is 1. The molecule has 0 radical (unpaired) electrons. The molecule has 7 heteroatoms. The van der Waals surface area contributed by atoms with E-state index >= 15 is 0 Å². The first-order chi connectivity index (χ1) is 14.6. The largest absolute Gasteiger partial charge is 0.458 e. The zero-order valence-electron chi connectivity index (χ0n) is 18.3. The Morgan fingerprint density at radius 2 is 1.77 bits per heavy atom. The van der Waals surface area contributed by atoms with E-state index in [0.29, 0.717) is 18.7 Å². The predicted octanol–water partition coefficient (Wildman–Crippen LogP) is 5.42. The minimum Gasteiger partial charge on any atom is -0.458 e. The summed E-state index contributed by atoms with van der Waals surface area (Å²) in [5.41, 5.74) is 3.12. The summed E-state index contributed by atoms with van der Waals surface area (Å²) in [4.78, 5) is 23.7. The van der Waals surface area contributed by atoms with Crippen molar-refractivity contribution in [3.8, 4) is 0 Å². The van der Waals surface area contributed by atoms with Gasteiger partial charge in [0.1, 0.15) is 12.2 Å². The highest BCUT2D eigenvalue weighted by Gasteiger charge is 2.15. The lowest BCUT2D eigenvalue weighted by atomic mass is 10.1. The van der Waals surface area contributed by atoms with E-state index in [1.54, 1.807) is 0 Å². The number of ether oxygens (including phenoxy) is 2. The number of rotatable bonds is 8. The van der Waals surface area contributed by atoms with Gasteiger partial charge in [0.25, 0.3) is 0 Å². The summed E-state index contributed by atoms with van der Waals surface area (Å²) < 4.78 is 11.5. The van der Waals surface area contributed by atoms with Crippen LogP contribution in [0.2, 0.25) is 0 Å². The maximum atomic E-state index is 12.0. The molecule has 0 bridgehead atoms. The topological polar surface area (TPSA) is 76.7 Å². The molecular formula is C24H29IN2O4. The van der Waals surface area contributed by atoms with Crippen molar-refractivity contribution in [3.05, 3.63) is 75.0 Å². The van der Waals surface area contributed by atoms with Crippen LogP contribution < -0.4 is 10.6 Å². The van der Waals surface area contributed by atoms with Crippen LogP contribution >= 0.6 is 22.6 Å². The van der Waals surface area contributed by atoms with Gasteiger partial charge in [-0.05, 0) is 80.0 Å². The van der Waals surface area contributed by atoms with Crippen LogP contribution in [-0.2, 0) is 27.3 Å². The molecule has 0 saturated heterocycles. The molecule has 0 aliphatic heterocycles. The zero-order chi connectivity index (χ0) is 22.9. The quantitative estimate of drug-likeness (QED) is 0.268. The van der Waals surface area contributed by atoms with Gasteiger partial charge in [0, 0.05) is 21.9 Å². The van der Waals surface area contributed by atoms with Crippen LogP contribution in [0, 0.1) is 3.57 Å². The number of hydrogen-bond donors (Lipinski definition) is 2. The maximum Gasteiger partial charge on any atom is 0.407 e. The number of carbonyl (C=O) groups excluding carboxylic acids is 2. The first-order valence-electron chi connectivity index (χ1n) is 10.0. The summed E-state index contributed by atoms with van der Waals surface area (Å²) in [5, 5.41) is 5.99. The van der Waals surface area contributed by atoms with Crippen LogP contribution in [0.5, 0.6) is 0 Å². The van der Waals surface area contributed by atoms with Crippen molar-refractivity contribution in [2.24, 2.45) is 0 Å². The van der Waals surface area contributed by atoms with E-state index < -0.39 is 17.7 Å². The fourth-order valence-electron chi connectivity index (χ4n) is 2.63. The molecule has 0 aromatic heterocycles. The summed E-state index contributed by atoms with van der Waals surface area (Å²) in [6.07, 6.45) is 1.72. The smallest absolute Gasteiger partial charge is 0.407 e. The number of amides is 1. The van der Waals surface area contributed by atoms with Crippen LogP contribution in [0.15, 0.2) is 60.3 Å². The summed E-state index contributed by atoms with van der Waals surface area (Å²) in [6, 6.07) is 15.5. The van der Waals surface area contributed by atoms with Crippen molar-refractivity contribution >= 4 is 40.3 Å². The van der Waals surface area contributed by atoms with Crippen molar-refractivity contribution in [1.82, 2.24) is 5.32 Å². The predicted molar refractivity (Wildman–Crippen MR) is 131 cm³/mol. The van der Waals surface area contributed by atoms with E-state index in [0.717, 1.165) is 20.4 Å². The van der Waals surface area contributed by atoms with Crippen LogP contribution in [0.3, 0.4) is 0 Å². The highest BCUT2D eigenvalue weighted by molar-refractivity contribution is 14.1. The van der Waals surface area contributed by atoms with Gasteiger partial charge in [0.05, 0.1) is 5.69 Å². The second-order valence-electron chi connectivity index (χ2n) is 8.04. The number of alkyl carbamates (subject to hydrolysis) is 1. The second-order valence-corrected chi connectivity index (χ2v) is 9.20. The molecular weight excluding hydrogens is 507 g/mol. The van der Waals surface area contributed by atoms with E-state index in [1.165, 1.54) is 6.08 Å². The normalized spacial score (nSPS) is 11.6. The number of esters is 1. The molecule has 1 amide bonds. The monoisotopic (exact) mass is 536 g/mol. The van der Waals surface area contributed by atoms with Gasteiger partial charge >= 0.3 is 12.1 Å². The fourth-order valence-corrected chi connectivity index (χ4v) is 3.35. The summed E-state index contributed by atoms with van der Waals surface area (Å²) in [5.74, 6) is -0.395. The average Bonchev–Trinajstić information content (AvgIpc) is 2.68. The van der Waals surface area contributed by atoms with Crippen molar-refractivity contribution < 1.29 is 19.1 Å². The third-order valence-electron chi connectivity index (χ3n) is 4.01. The molecule has 0 spiro atoms. The Morgan fingerprint density at radius 3 is 2.42 bits per heavy atom. The van der Waals surface area contributed by atoms with Gasteiger partial charge in [-0.15, -0.1) is 0 Å². The third kappa shape index (κ3) is 9.87.